The fourth-order valence-electron chi connectivity index (χ4n) is 4.61. The number of benzene rings is 1. The van der Waals surface area contributed by atoms with Gasteiger partial charge >= 0.3 is 0 Å². The Morgan fingerprint density at radius 2 is 2.07 bits per heavy atom. The van der Waals surface area contributed by atoms with Crippen molar-refractivity contribution in [3.8, 4) is 11.6 Å². The number of aromatic hydroxyl groups is 1. The Morgan fingerprint density at radius 3 is 2.81 bits per heavy atom. The molecule has 4 rings (SSSR count). The monoisotopic (exact) mass is 371 g/mol. The van der Waals surface area contributed by atoms with E-state index in [1.54, 1.807) is 18.2 Å². The fraction of sp³-hybridized carbons (Fsp3) is 0.450. The van der Waals surface area contributed by atoms with Gasteiger partial charge in [0.05, 0.1) is 36.5 Å². The van der Waals surface area contributed by atoms with Gasteiger partial charge < -0.3 is 30.2 Å². The first kappa shape index (κ1) is 17.7. The molecule has 4 atom stereocenters. The van der Waals surface area contributed by atoms with Gasteiger partial charge in [-0.3, -0.25) is 4.79 Å². The molecule has 1 aromatic heterocycles. The lowest BCUT2D eigenvalue weighted by Gasteiger charge is -2.44. The molecule has 1 aliphatic heterocycles. The molecule has 4 unspecified atom stereocenters. The van der Waals surface area contributed by atoms with Crippen molar-refractivity contribution >= 4 is 11.6 Å². The minimum absolute atomic E-state index is 0.00722. The molecule has 2 aliphatic rings. The van der Waals surface area contributed by atoms with E-state index in [4.69, 9.17) is 4.74 Å². The summed E-state index contributed by atoms with van der Waals surface area (Å²) >= 11 is 0. The molecule has 7 heteroatoms. The summed E-state index contributed by atoms with van der Waals surface area (Å²) in [6.45, 7) is 1.51. The van der Waals surface area contributed by atoms with Gasteiger partial charge in [0.25, 0.3) is 0 Å². The SMILES string of the molecule is COc1ccccc1C1c2c(c[nH]c2O)NC2CCCC(O)C2N1C(C)=O. The number of aliphatic hydroxyl groups is 1. The van der Waals surface area contributed by atoms with Gasteiger partial charge in [0, 0.05) is 24.7 Å². The summed E-state index contributed by atoms with van der Waals surface area (Å²) in [5, 5.41) is 24.8. The number of fused-ring (bicyclic) bond motifs is 2. The van der Waals surface area contributed by atoms with E-state index in [0.717, 1.165) is 24.1 Å². The molecule has 0 saturated heterocycles. The molecular formula is C20H25N3O4. The van der Waals surface area contributed by atoms with Gasteiger partial charge in [-0.1, -0.05) is 18.2 Å². The summed E-state index contributed by atoms with van der Waals surface area (Å²) in [7, 11) is 1.59. The van der Waals surface area contributed by atoms with Gasteiger partial charge in [-0.25, -0.2) is 0 Å². The molecule has 27 heavy (non-hydrogen) atoms. The van der Waals surface area contributed by atoms with Crippen LogP contribution in [-0.4, -0.2) is 51.3 Å². The Balaban J connectivity index is 1.96. The van der Waals surface area contributed by atoms with Crippen molar-refractivity contribution < 1.29 is 19.7 Å². The highest BCUT2D eigenvalue weighted by Crippen LogP contribution is 2.47. The third-order valence-corrected chi connectivity index (χ3v) is 5.73. The number of ether oxygens (including phenoxy) is 1. The van der Waals surface area contributed by atoms with Crippen molar-refractivity contribution in [1.29, 1.82) is 0 Å². The summed E-state index contributed by atoms with van der Waals surface area (Å²) in [5.41, 5.74) is 2.11. The van der Waals surface area contributed by atoms with E-state index in [9.17, 15) is 15.0 Å². The predicted molar refractivity (Wildman–Crippen MR) is 101 cm³/mol. The van der Waals surface area contributed by atoms with E-state index >= 15 is 0 Å². The Labute approximate surface area is 158 Å². The number of anilines is 1. The standard InChI is InChI=1S/C20H25N3O4/c1-11(24)23-18(12-6-3-4-9-16(12)27-2)17-14(10-21-20(17)26)22-13-7-5-8-15(25)19(13)23/h3-4,6,9-10,13,15,18-19,21-22,25-26H,5,7-8H2,1-2H3. The summed E-state index contributed by atoms with van der Waals surface area (Å²) in [6, 6.07) is 6.42. The highest BCUT2D eigenvalue weighted by atomic mass is 16.5. The maximum atomic E-state index is 12.8. The van der Waals surface area contributed by atoms with Crippen molar-refractivity contribution in [1.82, 2.24) is 9.88 Å². The summed E-state index contributed by atoms with van der Waals surface area (Å²) in [5.74, 6) is 0.481. The minimum Gasteiger partial charge on any atom is -0.496 e. The lowest BCUT2D eigenvalue weighted by atomic mass is 9.85. The zero-order valence-corrected chi connectivity index (χ0v) is 15.5. The van der Waals surface area contributed by atoms with E-state index in [2.05, 4.69) is 10.3 Å². The van der Waals surface area contributed by atoms with E-state index in [-0.39, 0.29) is 17.8 Å². The molecule has 0 bridgehead atoms. The Morgan fingerprint density at radius 1 is 1.30 bits per heavy atom. The van der Waals surface area contributed by atoms with Crippen LogP contribution >= 0.6 is 0 Å². The number of H-pyrrole nitrogens is 1. The number of carbonyl (C=O) groups excluding carboxylic acids is 1. The molecule has 1 fully saturated rings. The topological polar surface area (TPSA) is 97.8 Å². The highest BCUT2D eigenvalue weighted by Gasteiger charge is 2.46. The summed E-state index contributed by atoms with van der Waals surface area (Å²) in [6.07, 6.45) is 3.46. The lowest BCUT2D eigenvalue weighted by Crippen LogP contribution is -2.57. The molecule has 2 aromatic rings. The first-order chi connectivity index (χ1) is 13.0. The largest absolute Gasteiger partial charge is 0.496 e. The second-order valence-electron chi connectivity index (χ2n) is 7.28. The normalized spacial score (nSPS) is 27.1. The zero-order chi connectivity index (χ0) is 19.1. The molecule has 7 nitrogen and oxygen atoms in total. The maximum Gasteiger partial charge on any atom is 0.220 e. The molecule has 1 saturated carbocycles. The first-order valence-corrected chi connectivity index (χ1v) is 9.29. The molecule has 0 radical (unpaired) electrons. The average molecular weight is 371 g/mol. The van der Waals surface area contributed by atoms with E-state index in [1.807, 2.05) is 24.3 Å². The number of hydrogen-bond acceptors (Lipinski definition) is 5. The molecule has 1 aromatic carbocycles. The van der Waals surface area contributed by atoms with Gasteiger partial charge in [-0.05, 0) is 25.3 Å². The Bertz CT molecular complexity index is 850. The van der Waals surface area contributed by atoms with Crippen LogP contribution < -0.4 is 10.1 Å². The third kappa shape index (κ3) is 2.82. The quantitative estimate of drug-likeness (QED) is 0.650. The second kappa shape index (κ2) is 6.81. The molecule has 144 valence electrons. The number of aliphatic hydroxyl groups excluding tert-OH is 1. The van der Waals surface area contributed by atoms with Gasteiger partial charge in [0.2, 0.25) is 5.91 Å². The predicted octanol–water partition coefficient (Wildman–Crippen LogP) is 2.37. The van der Waals surface area contributed by atoms with Crippen LogP contribution in [-0.2, 0) is 4.79 Å². The maximum absolute atomic E-state index is 12.8. The summed E-state index contributed by atoms with van der Waals surface area (Å²) < 4.78 is 5.55. The molecule has 1 amide bonds. The van der Waals surface area contributed by atoms with Gasteiger partial charge in [-0.2, -0.15) is 0 Å². The number of para-hydroxylation sites is 1. The van der Waals surface area contributed by atoms with Crippen LogP contribution in [0.1, 0.15) is 43.4 Å². The summed E-state index contributed by atoms with van der Waals surface area (Å²) in [4.78, 5) is 17.4. The molecule has 1 aliphatic carbocycles. The van der Waals surface area contributed by atoms with Crippen molar-refractivity contribution in [3.05, 3.63) is 41.6 Å². The number of amides is 1. The molecule has 0 spiro atoms. The molecule has 2 heterocycles. The Kier molecular flexibility index (Phi) is 4.47. The third-order valence-electron chi connectivity index (χ3n) is 5.73. The average Bonchev–Trinajstić information content (AvgIpc) is 2.93. The van der Waals surface area contributed by atoms with Gasteiger partial charge in [0.15, 0.2) is 5.88 Å². The van der Waals surface area contributed by atoms with Crippen LogP contribution in [0.25, 0.3) is 0 Å². The number of nitrogens with one attached hydrogen (secondary N) is 2. The highest BCUT2D eigenvalue weighted by molar-refractivity contribution is 5.77. The Hall–Kier alpha value is -2.67. The van der Waals surface area contributed by atoms with Gasteiger partial charge in [-0.15, -0.1) is 0 Å². The zero-order valence-electron chi connectivity index (χ0n) is 15.5. The van der Waals surface area contributed by atoms with Crippen molar-refractivity contribution in [2.75, 3.05) is 12.4 Å². The molecule has 4 N–H and O–H groups in total. The minimum atomic E-state index is -0.632. The van der Waals surface area contributed by atoms with Crippen LogP contribution in [0, 0.1) is 0 Å². The van der Waals surface area contributed by atoms with Gasteiger partial charge in [0.1, 0.15) is 5.75 Å². The lowest BCUT2D eigenvalue weighted by molar-refractivity contribution is -0.137. The van der Waals surface area contributed by atoms with Crippen LogP contribution in [0.15, 0.2) is 30.5 Å². The van der Waals surface area contributed by atoms with Crippen LogP contribution in [0.5, 0.6) is 11.6 Å². The second-order valence-corrected chi connectivity index (χ2v) is 7.28. The molecular weight excluding hydrogens is 346 g/mol. The van der Waals surface area contributed by atoms with Crippen molar-refractivity contribution in [2.45, 2.75) is 50.4 Å². The number of carbonyl (C=O) groups is 1. The first-order valence-electron chi connectivity index (χ1n) is 9.29. The van der Waals surface area contributed by atoms with Crippen LogP contribution in [0.4, 0.5) is 5.69 Å². The smallest absolute Gasteiger partial charge is 0.220 e. The van der Waals surface area contributed by atoms with Crippen LogP contribution in [0.3, 0.4) is 0 Å². The van der Waals surface area contributed by atoms with Crippen molar-refractivity contribution in [2.24, 2.45) is 0 Å². The fourth-order valence-corrected chi connectivity index (χ4v) is 4.61. The van der Waals surface area contributed by atoms with Crippen LogP contribution in [0.2, 0.25) is 0 Å². The van der Waals surface area contributed by atoms with E-state index < -0.39 is 18.2 Å². The van der Waals surface area contributed by atoms with Crippen molar-refractivity contribution in [3.63, 3.8) is 0 Å². The number of rotatable bonds is 2. The number of aromatic amines is 1. The number of aromatic nitrogens is 1. The van der Waals surface area contributed by atoms with E-state index in [0.29, 0.717) is 17.7 Å². The number of nitrogens with zero attached hydrogens (tertiary/aromatic N) is 1. The number of methoxy groups -OCH3 is 1. The number of hydrogen-bond donors (Lipinski definition) is 4. The van der Waals surface area contributed by atoms with E-state index in [1.165, 1.54) is 6.92 Å².